The van der Waals surface area contributed by atoms with Crippen molar-refractivity contribution in [3.8, 4) is 0 Å². The van der Waals surface area contributed by atoms with Gasteiger partial charge in [-0.25, -0.2) is 13.2 Å². The molecule has 2 aromatic rings. The SMILES string of the molecule is O=C(O)C(=NOCc1ccccn1)c1ccc(S(=O)(=O)C2CC2)cc1. The van der Waals surface area contributed by atoms with Gasteiger partial charge in [0.05, 0.1) is 15.8 Å². The second kappa shape index (κ2) is 7.02. The Morgan fingerprint density at radius 2 is 1.92 bits per heavy atom. The van der Waals surface area contributed by atoms with E-state index in [0.717, 1.165) is 0 Å². The molecule has 1 fully saturated rings. The third-order valence-corrected chi connectivity index (χ3v) is 5.99. The summed E-state index contributed by atoms with van der Waals surface area (Å²) in [6, 6.07) is 10.9. The van der Waals surface area contributed by atoms with Gasteiger partial charge in [-0.1, -0.05) is 23.4 Å². The third kappa shape index (κ3) is 4.03. The number of carboxylic acids is 1. The van der Waals surface area contributed by atoms with Crippen LogP contribution < -0.4 is 0 Å². The lowest BCUT2D eigenvalue weighted by Gasteiger charge is -2.05. The van der Waals surface area contributed by atoms with E-state index in [4.69, 9.17) is 4.84 Å². The first-order chi connectivity index (χ1) is 12.0. The zero-order valence-electron chi connectivity index (χ0n) is 13.2. The number of hydrogen-bond donors (Lipinski definition) is 1. The molecule has 8 heteroatoms. The number of sulfone groups is 1. The zero-order chi connectivity index (χ0) is 17.9. The number of aliphatic carboxylic acids is 1. The number of hydrogen-bond acceptors (Lipinski definition) is 6. The van der Waals surface area contributed by atoms with Crippen molar-refractivity contribution < 1.29 is 23.2 Å². The van der Waals surface area contributed by atoms with Crippen molar-refractivity contribution in [3.63, 3.8) is 0 Å². The highest BCUT2D eigenvalue weighted by Crippen LogP contribution is 2.33. The molecule has 1 aliphatic carbocycles. The number of oxime groups is 1. The van der Waals surface area contributed by atoms with Crippen molar-refractivity contribution >= 4 is 21.5 Å². The first-order valence-corrected chi connectivity index (χ1v) is 9.20. The Kier molecular flexibility index (Phi) is 4.80. The van der Waals surface area contributed by atoms with Crippen LogP contribution in [0.15, 0.2) is 58.7 Å². The van der Waals surface area contributed by atoms with Crippen molar-refractivity contribution in [1.82, 2.24) is 4.98 Å². The summed E-state index contributed by atoms with van der Waals surface area (Å²) in [6.45, 7) is 0.0335. The summed E-state index contributed by atoms with van der Waals surface area (Å²) >= 11 is 0. The van der Waals surface area contributed by atoms with Crippen molar-refractivity contribution in [2.75, 3.05) is 0 Å². The standard InChI is InChI=1S/C17H16N2O5S/c20-17(21)16(19-24-11-13-3-1-2-10-18-13)12-4-6-14(7-5-12)25(22,23)15-8-9-15/h1-7,10,15H,8-9,11H2,(H,20,21). The summed E-state index contributed by atoms with van der Waals surface area (Å²) in [5, 5.41) is 12.7. The van der Waals surface area contributed by atoms with Gasteiger partial charge in [-0.05, 0) is 37.1 Å². The van der Waals surface area contributed by atoms with Crippen LogP contribution in [0.2, 0.25) is 0 Å². The molecule has 1 heterocycles. The molecule has 25 heavy (non-hydrogen) atoms. The summed E-state index contributed by atoms with van der Waals surface area (Å²) < 4.78 is 24.3. The first-order valence-electron chi connectivity index (χ1n) is 7.66. The van der Waals surface area contributed by atoms with E-state index in [2.05, 4.69) is 10.1 Å². The molecule has 0 saturated heterocycles. The summed E-state index contributed by atoms with van der Waals surface area (Å²) in [6.07, 6.45) is 2.94. The molecule has 1 aromatic heterocycles. The second-order valence-electron chi connectivity index (χ2n) is 5.61. The van der Waals surface area contributed by atoms with Crippen LogP contribution in [0.3, 0.4) is 0 Å². The topological polar surface area (TPSA) is 106 Å². The minimum Gasteiger partial charge on any atom is -0.476 e. The highest BCUT2D eigenvalue weighted by Gasteiger charge is 2.36. The molecule has 130 valence electrons. The van der Waals surface area contributed by atoms with E-state index >= 15 is 0 Å². The maximum atomic E-state index is 12.2. The summed E-state index contributed by atoms with van der Waals surface area (Å²) in [5.41, 5.74) is 0.580. The van der Waals surface area contributed by atoms with Gasteiger partial charge in [-0.2, -0.15) is 0 Å². The fourth-order valence-electron chi connectivity index (χ4n) is 2.23. The molecule has 7 nitrogen and oxygen atoms in total. The molecule has 3 rings (SSSR count). The maximum absolute atomic E-state index is 12.2. The van der Waals surface area contributed by atoms with Crippen LogP contribution in [-0.2, 0) is 26.1 Å². The molecule has 0 spiro atoms. The van der Waals surface area contributed by atoms with Crippen LogP contribution in [0.4, 0.5) is 0 Å². The molecular formula is C17H16N2O5S. The van der Waals surface area contributed by atoms with Crippen LogP contribution >= 0.6 is 0 Å². The Hall–Kier alpha value is -2.74. The zero-order valence-corrected chi connectivity index (χ0v) is 14.0. The van der Waals surface area contributed by atoms with Crippen molar-refractivity contribution in [1.29, 1.82) is 0 Å². The smallest absolute Gasteiger partial charge is 0.358 e. The number of pyridine rings is 1. The van der Waals surface area contributed by atoms with Gasteiger partial charge in [0.1, 0.15) is 0 Å². The summed E-state index contributed by atoms with van der Waals surface area (Å²) in [4.78, 5) is 20.7. The minimum atomic E-state index is -3.31. The fourth-order valence-corrected chi connectivity index (χ4v) is 3.89. The third-order valence-electron chi connectivity index (χ3n) is 3.72. The van der Waals surface area contributed by atoms with Crippen molar-refractivity contribution in [3.05, 3.63) is 59.9 Å². The molecule has 0 atom stereocenters. The molecule has 1 aromatic carbocycles. The molecule has 0 unspecified atom stereocenters. The van der Waals surface area contributed by atoms with Gasteiger partial charge in [-0.15, -0.1) is 0 Å². The molecule has 1 N–H and O–H groups in total. The van der Waals surface area contributed by atoms with E-state index < -0.39 is 15.8 Å². The second-order valence-corrected chi connectivity index (χ2v) is 7.84. The molecule has 1 aliphatic rings. The van der Waals surface area contributed by atoms with Gasteiger partial charge in [0.15, 0.2) is 22.2 Å². The average molecular weight is 360 g/mol. The van der Waals surface area contributed by atoms with Crippen LogP contribution in [0.1, 0.15) is 24.1 Å². The van der Waals surface area contributed by atoms with E-state index in [1.807, 2.05) is 0 Å². The number of nitrogens with zero attached hydrogens (tertiary/aromatic N) is 2. The minimum absolute atomic E-state index is 0.0335. The average Bonchev–Trinajstić information content (AvgIpc) is 3.45. The number of carbonyl (C=O) groups is 1. The van der Waals surface area contributed by atoms with Gasteiger partial charge in [-0.3, -0.25) is 4.98 Å². The van der Waals surface area contributed by atoms with E-state index in [1.54, 1.807) is 24.4 Å². The van der Waals surface area contributed by atoms with Crippen molar-refractivity contribution in [2.45, 2.75) is 29.6 Å². The van der Waals surface area contributed by atoms with Gasteiger partial charge >= 0.3 is 5.97 Å². The van der Waals surface area contributed by atoms with Crippen LogP contribution in [-0.4, -0.2) is 35.4 Å². The van der Waals surface area contributed by atoms with E-state index in [1.165, 1.54) is 24.3 Å². The molecule has 0 aliphatic heterocycles. The Labute approximate surface area is 144 Å². The van der Waals surface area contributed by atoms with Gasteiger partial charge < -0.3 is 9.94 Å². The van der Waals surface area contributed by atoms with Gasteiger partial charge in [0, 0.05) is 11.8 Å². The summed E-state index contributed by atoms with van der Waals surface area (Å²) in [5.74, 6) is -1.26. The Balaban J connectivity index is 1.76. The molecule has 1 saturated carbocycles. The van der Waals surface area contributed by atoms with E-state index in [0.29, 0.717) is 18.5 Å². The lowest BCUT2D eigenvalue weighted by atomic mass is 10.1. The number of benzene rings is 1. The lowest BCUT2D eigenvalue weighted by molar-refractivity contribution is -0.129. The van der Waals surface area contributed by atoms with E-state index in [-0.39, 0.29) is 28.0 Å². The number of carboxylic acid groups (broad SMARTS) is 1. The maximum Gasteiger partial charge on any atom is 0.358 e. The van der Waals surface area contributed by atoms with E-state index in [9.17, 15) is 18.3 Å². The monoisotopic (exact) mass is 360 g/mol. The molecule has 0 radical (unpaired) electrons. The first kappa shape index (κ1) is 17.1. The quantitative estimate of drug-likeness (QED) is 0.598. The highest BCUT2D eigenvalue weighted by atomic mass is 32.2. The number of rotatable bonds is 7. The van der Waals surface area contributed by atoms with Gasteiger partial charge in [0.2, 0.25) is 0 Å². The van der Waals surface area contributed by atoms with Crippen molar-refractivity contribution in [2.24, 2.45) is 5.16 Å². The Bertz CT molecular complexity index is 888. The molecule has 0 bridgehead atoms. The largest absolute Gasteiger partial charge is 0.476 e. The highest BCUT2D eigenvalue weighted by molar-refractivity contribution is 7.92. The Morgan fingerprint density at radius 1 is 1.20 bits per heavy atom. The Morgan fingerprint density at radius 3 is 2.48 bits per heavy atom. The molecule has 0 amide bonds. The fraction of sp³-hybridized carbons (Fsp3) is 0.235. The van der Waals surface area contributed by atoms with Crippen LogP contribution in [0.5, 0.6) is 0 Å². The molecular weight excluding hydrogens is 344 g/mol. The van der Waals surface area contributed by atoms with Crippen LogP contribution in [0, 0.1) is 0 Å². The normalized spacial score (nSPS) is 15.0. The predicted molar refractivity (Wildman–Crippen MR) is 89.8 cm³/mol. The van der Waals surface area contributed by atoms with Gasteiger partial charge in [0.25, 0.3) is 0 Å². The number of aromatic nitrogens is 1. The predicted octanol–water partition coefficient (Wildman–Crippen LogP) is 2.02. The van der Waals surface area contributed by atoms with Crippen LogP contribution in [0.25, 0.3) is 0 Å². The lowest BCUT2D eigenvalue weighted by Crippen LogP contribution is -2.15. The summed E-state index contributed by atoms with van der Waals surface area (Å²) in [7, 11) is -3.31.